The van der Waals surface area contributed by atoms with Crippen LogP contribution in [0.25, 0.3) is 0 Å². The molecule has 222 valence electrons. The van der Waals surface area contributed by atoms with Gasteiger partial charge in [0, 0.05) is 24.2 Å². The van der Waals surface area contributed by atoms with Crippen molar-refractivity contribution in [1.82, 2.24) is 0 Å². The molecule has 0 spiro atoms. The first-order valence-corrected chi connectivity index (χ1v) is 14.5. The van der Waals surface area contributed by atoms with Crippen molar-refractivity contribution in [2.24, 2.45) is 22.7 Å². The molecule has 0 saturated carbocycles. The van der Waals surface area contributed by atoms with Gasteiger partial charge < -0.3 is 24.4 Å². The number of allylic oxidation sites excluding steroid dienone is 3. The Bertz CT molecular complexity index is 915. The molecule has 0 radical (unpaired) electrons. The number of rotatable bonds is 9. The van der Waals surface area contributed by atoms with Crippen molar-refractivity contribution >= 4 is 11.9 Å². The second kappa shape index (κ2) is 14.1. The molecule has 1 fully saturated rings. The van der Waals surface area contributed by atoms with Crippen molar-refractivity contribution in [3.05, 3.63) is 36.0 Å². The summed E-state index contributed by atoms with van der Waals surface area (Å²) in [6, 6.07) is 0. The van der Waals surface area contributed by atoms with Crippen molar-refractivity contribution in [3.8, 4) is 0 Å². The van der Waals surface area contributed by atoms with Crippen LogP contribution in [0, 0.1) is 22.7 Å². The fraction of sp³-hybridized carbons (Fsp3) is 0.750. The van der Waals surface area contributed by atoms with Crippen LogP contribution in [0.3, 0.4) is 0 Å². The van der Waals surface area contributed by atoms with Gasteiger partial charge in [0.2, 0.25) is 0 Å². The molecule has 0 aromatic carbocycles. The minimum atomic E-state index is -0.825. The number of esters is 2. The number of cyclic esters (lactones) is 1. The Hall–Kier alpha value is -1.96. The van der Waals surface area contributed by atoms with E-state index >= 15 is 0 Å². The maximum atomic E-state index is 12.7. The van der Waals surface area contributed by atoms with Crippen LogP contribution in [0.2, 0.25) is 0 Å². The standard InChI is InChI=1S/C32H52O7/c1-10-25(35)22(4)30-26(38-30)19-31(6,7)16-11-12-20(2)29-21(3)13-14-27(37-23(5)33)32(8,9)17-15-24(34)18-28(36)39-29/h11-14,16,21-22,24-27,29-30,34-35H,10,15,17-19H2,1-9H3/b14-13+,16-11+,20-12+. The summed E-state index contributed by atoms with van der Waals surface area (Å²) < 4.78 is 17.4. The summed E-state index contributed by atoms with van der Waals surface area (Å²) in [5, 5.41) is 20.6. The number of aliphatic hydroxyl groups excluding tert-OH is 2. The van der Waals surface area contributed by atoms with Gasteiger partial charge in [0.25, 0.3) is 0 Å². The van der Waals surface area contributed by atoms with Gasteiger partial charge in [-0.1, -0.05) is 72.8 Å². The lowest BCUT2D eigenvalue weighted by Gasteiger charge is -2.33. The van der Waals surface area contributed by atoms with Crippen LogP contribution in [0.1, 0.15) is 94.4 Å². The molecule has 1 saturated heterocycles. The van der Waals surface area contributed by atoms with E-state index in [0.717, 1.165) is 18.4 Å². The number of carbonyl (C=O) groups excluding carboxylic acids is 2. The number of epoxide rings is 1. The van der Waals surface area contributed by atoms with E-state index in [9.17, 15) is 19.8 Å². The van der Waals surface area contributed by atoms with E-state index in [1.165, 1.54) is 6.92 Å². The highest BCUT2D eigenvalue weighted by Crippen LogP contribution is 2.40. The van der Waals surface area contributed by atoms with E-state index in [4.69, 9.17) is 14.2 Å². The molecule has 2 aliphatic rings. The van der Waals surface area contributed by atoms with Crippen molar-refractivity contribution in [1.29, 1.82) is 0 Å². The normalized spacial score (nSPS) is 32.9. The van der Waals surface area contributed by atoms with Gasteiger partial charge >= 0.3 is 11.9 Å². The predicted octanol–water partition coefficient (Wildman–Crippen LogP) is 5.69. The van der Waals surface area contributed by atoms with E-state index in [-0.39, 0.29) is 48.0 Å². The number of carbonyl (C=O) groups is 2. The smallest absolute Gasteiger partial charge is 0.309 e. The zero-order chi connectivity index (χ0) is 29.5. The molecule has 2 aliphatic heterocycles. The molecule has 0 aliphatic carbocycles. The first-order valence-electron chi connectivity index (χ1n) is 14.5. The van der Waals surface area contributed by atoms with E-state index < -0.39 is 29.7 Å². The molecule has 0 aromatic rings. The van der Waals surface area contributed by atoms with Gasteiger partial charge in [0.05, 0.1) is 30.8 Å². The van der Waals surface area contributed by atoms with Gasteiger partial charge in [-0.25, -0.2) is 0 Å². The molecule has 7 nitrogen and oxygen atoms in total. The van der Waals surface area contributed by atoms with Crippen LogP contribution in [0.15, 0.2) is 36.0 Å². The molecule has 0 amide bonds. The highest BCUT2D eigenvalue weighted by atomic mass is 16.6. The summed E-state index contributed by atoms with van der Waals surface area (Å²) in [7, 11) is 0. The summed E-state index contributed by atoms with van der Waals surface area (Å²) in [6.45, 7) is 17.6. The summed E-state index contributed by atoms with van der Waals surface area (Å²) in [5.74, 6) is -0.843. The molecule has 8 atom stereocenters. The summed E-state index contributed by atoms with van der Waals surface area (Å²) >= 11 is 0. The van der Waals surface area contributed by atoms with Crippen LogP contribution >= 0.6 is 0 Å². The van der Waals surface area contributed by atoms with Crippen LogP contribution in [-0.2, 0) is 23.8 Å². The maximum Gasteiger partial charge on any atom is 0.309 e. The van der Waals surface area contributed by atoms with Gasteiger partial charge in [0.15, 0.2) is 0 Å². The van der Waals surface area contributed by atoms with E-state index in [0.29, 0.717) is 12.8 Å². The van der Waals surface area contributed by atoms with Crippen molar-refractivity contribution in [2.75, 3.05) is 0 Å². The Morgan fingerprint density at radius 3 is 2.56 bits per heavy atom. The van der Waals surface area contributed by atoms with E-state index in [1.54, 1.807) is 0 Å². The second-order valence-electron chi connectivity index (χ2n) is 13.0. The van der Waals surface area contributed by atoms with Crippen LogP contribution in [-0.4, -0.2) is 58.8 Å². The zero-order valence-electron chi connectivity index (χ0n) is 25.5. The largest absolute Gasteiger partial charge is 0.458 e. The van der Waals surface area contributed by atoms with Crippen molar-refractivity contribution < 1.29 is 34.0 Å². The minimum absolute atomic E-state index is 0.0783. The Morgan fingerprint density at radius 1 is 1.28 bits per heavy atom. The predicted molar refractivity (Wildman–Crippen MR) is 153 cm³/mol. The molecule has 8 unspecified atom stereocenters. The van der Waals surface area contributed by atoms with Gasteiger partial charge in [0.1, 0.15) is 12.2 Å². The Kier molecular flexibility index (Phi) is 12.0. The lowest BCUT2D eigenvalue weighted by atomic mass is 9.80. The summed E-state index contributed by atoms with van der Waals surface area (Å²) in [5.41, 5.74) is 0.356. The van der Waals surface area contributed by atoms with Crippen LogP contribution in [0.5, 0.6) is 0 Å². The third-order valence-electron chi connectivity index (χ3n) is 8.16. The maximum absolute atomic E-state index is 12.7. The first-order chi connectivity index (χ1) is 18.1. The van der Waals surface area contributed by atoms with Crippen LogP contribution < -0.4 is 0 Å². The third-order valence-corrected chi connectivity index (χ3v) is 8.16. The lowest BCUT2D eigenvalue weighted by molar-refractivity contribution is -0.151. The topological polar surface area (TPSA) is 106 Å². The van der Waals surface area contributed by atoms with E-state index in [2.05, 4.69) is 19.9 Å². The number of aliphatic hydroxyl groups is 2. The molecule has 2 N–H and O–H groups in total. The van der Waals surface area contributed by atoms with Crippen molar-refractivity contribution in [3.63, 3.8) is 0 Å². The second-order valence-corrected chi connectivity index (χ2v) is 13.0. The van der Waals surface area contributed by atoms with Gasteiger partial charge in [-0.3, -0.25) is 9.59 Å². The molecule has 7 heteroatoms. The summed E-state index contributed by atoms with van der Waals surface area (Å²) in [4.78, 5) is 24.5. The van der Waals surface area contributed by atoms with Crippen molar-refractivity contribution in [2.45, 2.75) is 131 Å². The van der Waals surface area contributed by atoms with Crippen LogP contribution in [0.4, 0.5) is 0 Å². The number of hydrogen-bond acceptors (Lipinski definition) is 7. The third kappa shape index (κ3) is 10.5. The fourth-order valence-corrected chi connectivity index (χ4v) is 5.31. The van der Waals surface area contributed by atoms with E-state index in [1.807, 2.05) is 65.8 Å². The quantitative estimate of drug-likeness (QED) is 0.165. The lowest BCUT2D eigenvalue weighted by Crippen LogP contribution is -2.35. The molecule has 2 heterocycles. The Balaban J connectivity index is 2.18. The SMILES string of the molecule is CCC(O)C(C)C1OC1CC(C)(C)/C=C/C=C(\C)C1OC(=O)CC(O)CCC(C)(C)C(OC(C)=O)/C=C/C1C. The average molecular weight is 549 g/mol. The molecule has 0 bridgehead atoms. The Morgan fingerprint density at radius 2 is 1.95 bits per heavy atom. The average Bonchev–Trinajstić information content (AvgIpc) is 3.59. The highest BCUT2D eigenvalue weighted by Gasteiger charge is 2.46. The zero-order valence-corrected chi connectivity index (χ0v) is 25.5. The van der Waals surface area contributed by atoms with Gasteiger partial charge in [-0.2, -0.15) is 0 Å². The molecular formula is C32H52O7. The number of hydrogen-bond donors (Lipinski definition) is 2. The molecular weight excluding hydrogens is 496 g/mol. The van der Waals surface area contributed by atoms with Gasteiger partial charge in [-0.15, -0.1) is 0 Å². The molecule has 2 rings (SSSR count). The fourth-order valence-electron chi connectivity index (χ4n) is 5.31. The molecule has 0 aromatic heterocycles. The summed E-state index contributed by atoms with van der Waals surface area (Å²) in [6.07, 6.45) is 10.5. The monoisotopic (exact) mass is 548 g/mol. The Labute approximate surface area is 235 Å². The highest BCUT2D eigenvalue weighted by molar-refractivity contribution is 5.70. The van der Waals surface area contributed by atoms with Gasteiger partial charge in [-0.05, 0) is 49.7 Å². The minimum Gasteiger partial charge on any atom is -0.458 e. The molecule has 39 heavy (non-hydrogen) atoms. The number of ether oxygens (including phenoxy) is 3. The first kappa shape index (κ1) is 33.2.